The number of nitrogens with zero attached hydrogens (tertiary/aromatic N) is 2. The van der Waals surface area contributed by atoms with Crippen LogP contribution in [0.3, 0.4) is 0 Å². The Bertz CT molecular complexity index is 1960. The van der Waals surface area contributed by atoms with Crippen LogP contribution < -0.4 is 10.4 Å². The molecule has 1 aliphatic heterocycles. The molecule has 242 valence electrons. The molecular weight excluding hydrogens is 609 g/mol. The van der Waals surface area contributed by atoms with Gasteiger partial charge in [0.15, 0.2) is 8.07 Å². The second kappa shape index (κ2) is 12.7. The van der Waals surface area contributed by atoms with Gasteiger partial charge < -0.3 is 0 Å². The first-order valence-corrected chi connectivity index (χ1v) is 19.3. The lowest BCUT2D eigenvalue weighted by Gasteiger charge is -2.36. The van der Waals surface area contributed by atoms with Crippen LogP contribution in [0.4, 0.5) is 0 Å². The van der Waals surface area contributed by atoms with Crippen molar-refractivity contribution in [1.29, 1.82) is 0 Å². The second-order valence-corrected chi connectivity index (χ2v) is 18.7. The summed E-state index contributed by atoms with van der Waals surface area (Å²) >= 11 is 0. The van der Waals surface area contributed by atoms with E-state index in [9.17, 15) is 0 Å². The van der Waals surface area contributed by atoms with Gasteiger partial charge in [-0.1, -0.05) is 175 Å². The molecule has 1 aliphatic rings. The number of benzene rings is 4. The second-order valence-electron chi connectivity index (χ2n) is 15.1. The third-order valence-corrected chi connectivity index (χ3v) is 14.7. The van der Waals surface area contributed by atoms with Gasteiger partial charge in [-0.3, -0.25) is 9.97 Å². The molecule has 7 rings (SSSR count). The van der Waals surface area contributed by atoms with Crippen LogP contribution >= 0.6 is 0 Å². The van der Waals surface area contributed by atoms with E-state index in [2.05, 4.69) is 200 Å². The Hall–Kier alpha value is -5.12. The van der Waals surface area contributed by atoms with Crippen molar-refractivity contribution in [2.45, 2.75) is 52.4 Å². The largest absolute Gasteiger partial charge is 0.260 e. The van der Waals surface area contributed by atoms with Gasteiger partial charge in [-0.2, -0.15) is 0 Å². The van der Waals surface area contributed by atoms with E-state index in [0.29, 0.717) is 0 Å². The summed E-state index contributed by atoms with van der Waals surface area (Å²) in [6.07, 6.45) is 4.28. The van der Waals surface area contributed by atoms with Gasteiger partial charge in [-0.15, -0.1) is 0 Å². The lowest BCUT2D eigenvalue weighted by Crippen LogP contribution is -2.59. The summed E-state index contributed by atoms with van der Waals surface area (Å²) < 4.78 is 0. The van der Waals surface area contributed by atoms with Crippen molar-refractivity contribution in [3.63, 3.8) is 0 Å². The van der Waals surface area contributed by atoms with Crippen LogP contribution in [0.5, 0.6) is 0 Å². The van der Waals surface area contributed by atoms with Crippen LogP contribution in [0.1, 0.15) is 75.2 Å². The highest BCUT2D eigenvalue weighted by Crippen LogP contribution is 2.55. The van der Waals surface area contributed by atoms with E-state index in [1.807, 2.05) is 0 Å². The molecule has 0 atom stereocenters. The molecule has 2 aromatic heterocycles. The van der Waals surface area contributed by atoms with E-state index in [0.717, 1.165) is 22.5 Å². The summed E-state index contributed by atoms with van der Waals surface area (Å²) in [4.78, 5) is 10.3. The Balaban J connectivity index is 1.72. The van der Waals surface area contributed by atoms with Gasteiger partial charge in [0, 0.05) is 34.6 Å². The molecular formula is C46H44N2Si. The zero-order valence-corrected chi connectivity index (χ0v) is 30.4. The van der Waals surface area contributed by atoms with E-state index in [4.69, 9.17) is 9.97 Å². The number of aromatic nitrogens is 2. The number of hydrogen-bond donors (Lipinski definition) is 0. The van der Waals surface area contributed by atoms with E-state index < -0.39 is 8.07 Å². The molecule has 3 heterocycles. The average Bonchev–Trinajstić information content (AvgIpc) is 3.45. The monoisotopic (exact) mass is 652 g/mol. The van der Waals surface area contributed by atoms with Crippen LogP contribution in [0.25, 0.3) is 21.5 Å². The fraction of sp³-hybridized carbons (Fsp3) is 0.174. The topological polar surface area (TPSA) is 25.8 Å². The third kappa shape index (κ3) is 5.83. The molecule has 0 unspecified atom stereocenters. The fourth-order valence-corrected chi connectivity index (χ4v) is 12.9. The number of hydrogen-bond acceptors (Lipinski definition) is 2. The molecule has 49 heavy (non-hydrogen) atoms. The predicted molar refractivity (Wildman–Crippen MR) is 210 cm³/mol. The van der Waals surface area contributed by atoms with E-state index in [1.54, 1.807) is 0 Å². The minimum absolute atomic E-state index is 0.0582. The normalized spacial score (nSPS) is 14.7. The smallest absolute Gasteiger partial charge is 0.182 e. The summed E-state index contributed by atoms with van der Waals surface area (Å²) in [5.41, 5.74) is 9.32. The SMILES string of the molecule is CC(C)(C)c1ccc(C2=C(c3ccccc3)C(c3ccccc3)=C(c3ccc(C(C)(C)C)nc3)[Si]2(c2ccccc2)c2ccccc2)cn1. The standard InChI is InChI=1S/C46H44N2Si/c1-45(2,3)39-29-27-35(31-47-39)43-41(33-19-11-7-12-20-33)42(34-21-13-8-14-22-34)44(36-28-30-40(48-32-36)46(4,5)6)49(43,37-23-15-9-16-24-37)38-25-17-10-18-26-38/h7-32H,1-6H3. The van der Waals surface area contributed by atoms with Gasteiger partial charge >= 0.3 is 0 Å². The van der Waals surface area contributed by atoms with Crippen molar-refractivity contribution in [2.24, 2.45) is 0 Å². The molecule has 0 amide bonds. The maximum Gasteiger partial charge on any atom is 0.182 e. The van der Waals surface area contributed by atoms with Crippen LogP contribution in [0, 0.1) is 0 Å². The molecule has 0 N–H and O–H groups in total. The first-order chi connectivity index (χ1) is 23.6. The maximum absolute atomic E-state index is 5.17. The molecule has 0 bridgehead atoms. The minimum Gasteiger partial charge on any atom is -0.260 e. The van der Waals surface area contributed by atoms with E-state index in [1.165, 1.54) is 43.0 Å². The fourth-order valence-electron chi connectivity index (χ4n) is 7.35. The van der Waals surface area contributed by atoms with Gasteiger partial charge in [0.25, 0.3) is 0 Å². The molecule has 0 saturated carbocycles. The number of pyridine rings is 2. The summed E-state index contributed by atoms with van der Waals surface area (Å²) in [6, 6.07) is 53.6. The first kappa shape index (κ1) is 32.4. The Kier molecular flexibility index (Phi) is 8.42. The molecule has 2 nitrogen and oxygen atoms in total. The van der Waals surface area contributed by atoms with Gasteiger partial charge in [0.1, 0.15) is 0 Å². The molecule has 0 aliphatic carbocycles. The zero-order chi connectivity index (χ0) is 34.2. The lowest BCUT2D eigenvalue weighted by molar-refractivity contribution is 0.568. The number of rotatable bonds is 6. The molecule has 4 aromatic carbocycles. The summed E-state index contributed by atoms with van der Waals surface area (Å²) in [6.45, 7) is 13.4. The van der Waals surface area contributed by atoms with Crippen molar-refractivity contribution in [1.82, 2.24) is 9.97 Å². The Morgan fingerprint density at radius 3 is 0.980 bits per heavy atom. The van der Waals surface area contributed by atoms with Gasteiger partial charge in [-0.25, -0.2) is 0 Å². The maximum atomic E-state index is 5.17. The lowest BCUT2D eigenvalue weighted by atomic mass is 9.88. The van der Waals surface area contributed by atoms with Gasteiger partial charge in [0.2, 0.25) is 0 Å². The molecule has 0 fully saturated rings. The Labute approximate surface area is 293 Å². The van der Waals surface area contributed by atoms with Crippen LogP contribution in [-0.4, -0.2) is 18.0 Å². The highest BCUT2D eigenvalue weighted by Gasteiger charge is 2.53. The Morgan fingerprint density at radius 1 is 0.367 bits per heavy atom. The summed E-state index contributed by atoms with van der Waals surface area (Å²) in [5, 5.41) is 5.39. The highest BCUT2D eigenvalue weighted by molar-refractivity contribution is 7.29. The van der Waals surface area contributed by atoms with Crippen molar-refractivity contribution in [2.75, 3.05) is 0 Å². The first-order valence-electron chi connectivity index (χ1n) is 17.3. The summed E-state index contributed by atoms with van der Waals surface area (Å²) in [5.74, 6) is 0. The van der Waals surface area contributed by atoms with Gasteiger partial charge in [0.05, 0.1) is 0 Å². The number of allylic oxidation sites excluding steroid dienone is 2. The zero-order valence-electron chi connectivity index (χ0n) is 29.4. The quantitative estimate of drug-likeness (QED) is 0.167. The van der Waals surface area contributed by atoms with Crippen molar-refractivity contribution < 1.29 is 0 Å². The average molecular weight is 653 g/mol. The third-order valence-electron chi connectivity index (χ3n) is 9.68. The molecule has 6 aromatic rings. The van der Waals surface area contributed by atoms with Crippen LogP contribution in [0.2, 0.25) is 0 Å². The minimum atomic E-state index is -3.06. The van der Waals surface area contributed by atoms with Crippen LogP contribution in [-0.2, 0) is 10.8 Å². The van der Waals surface area contributed by atoms with E-state index in [-0.39, 0.29) is 10.8 Å². The van der Waals surface area contributed by atoms with Crippen molar-refractivity contribution in [3.05, 3.63) is 192 Å². The van der Waals surface area contributed by atoms with Crippen molar-refractivity contribution >= 4 is 40.0 Å². The summed E-state index contributed by atoms with van der Waals surface area (Å²) in [7, 11) is -3.06. The molecule has 0 radical (unpaired) electrons. The molecule has 0 saturated heterocycles. The molecule has 0 spiro atoms. The van der Waals surface area contributed by atoms with Gasteiger partial charge in [-0.05, 0) is 66.3 Å². The molecule has 3 heteroatoms. The van der Waals surface area contributed by atoms with Crippen molar-refractivity contribution in [3.8, 4) is 0 Å². The van der Waals surface area contributed by atoms with Crippen LogP contribution in [0.15, 0.2) is 158 Å². The highest BCUT2D eigenvalue weighted by atomic mass is 28.3. The van der Waals surface area contributed by atoms with E-state index >= 15 is 0 Å². The Morgan fingerprint density at radius 2 is 0.694 bits per heavy atom. The predicted octanol–water partition coefficient (Wildman–Crippen LogP) is 9.95.